The molecule has 0 bridgehead atoms. The highest BCUT2D eigenvalue weighted by Crippen LogP contribution is 2.26. The third-order valence-electron chi connectivity index (χ3n) is 3.69. The van der Waals surface area contributed by atoms with Gasteiger partial charge in [-0.1, -0.05) is 35.5 Å². The van der Waals surface area contributed by atoms with Crippen molar-refractivity contribution in [2.75, 3.05) is 0 Å². The van der Waals surface area contributed by atoms with Crippen molar-refractivity contribution in [2.24, 2.45) is 0 Å². The Kier molecular flexibility index (Phi) is 6.59. The van der Waals surface area contributed by atoms with Crippen molar-refractivity contribution in [3.8, 4) is 5.75 Å². The molecule has 0 saturated carbocycles. The zero-order valence-electron chi connectivity index (χ0n) is 14.9. The van der Waals surface area contributed by atoms with Crippen molar-refractivity contribution >= 4 is 17.7 Å². The Bertz CT molecular complexity index is 949. The number of rotatable bonds is 8. The minimum Gasteiger partial charge on any atom is -0.434 e. The summed E-state index contributed by atoms with van der Waals surface area (Å²) in [6, 6.07) is 13.4. The first-order valence-corrected chi connectivity index (χ1v) is 9.33. The summed E-state index contributed by atoms with van der Waals surface area (Å²) in [5, 5.41) is 6.58. The molecule has 0 fully saturated rings. The van der Waals surface area contributed by atoms with E-state index in [1.54, 1.807) is 37.3 Å². The number of halogens is 2. The van der Waals surface area contributed by atoms with E-state index >= 15 is 0 Å². The predicted molar refractivity (Wildman–Crippen MR) is 99.3 cm³/mol. The molecule has 1 heterocycles. The monoisotopic (exact) mass is 405 g/mol. The largest absolute Gasteiger partial charge is 0.434 e. The smallest absolute Gasteiger partial charge is 0.387 e. The quantitative estimate of drug-likeness (QED) is 0.566. The third-order valence-corrected chi connectivity index (χ3v) is 4.76. The molecular formula is C19H17F2N3O3S. The predicted octanol–water partition coefficient (Wildman–Crippen LogP) is 4.20. The van der Waals surface area contributed by atoms with Gasteiger partial charge in [-0.25, -0.2) is 0 Å². The van der Waals surface area contributed by atoms with Gasteiger partial charge in [-0.05, 0) is 18.2 Å². The number of thioether (sulfide) groups is 1. The Morgan fingerprint density at radius 2 is 1.96 bits per heavy atom. The molecule has 3 rings (SSSR count). The van der Waals surface area contributed by atoms with E-state index in [0.717, 1.165) is 4.90 Å². The lowest BCUT2D eigenvalue weighted by Crippen LogP contribution is -2.24. The lowest BCUT2D eigenvalue weighted by Gasteiger charge is -2.12. The minimum absolute atomic E-state index is 0.0351. The summed E-state index contributed by atoms with van der Waals surface area (Å²) in [6.07, 6.45) is 0. The number of carbonyl (C=O) groups is 1. The molecule has 0 aliphatic heterocycles. The van der Waals surface area contributed by atoms with Crippen molar-refractivity contribution in [3.05, 3.63) is 71.4 Å². The van der Waals surface area contributed by atoms with Crippen LogP contribution in [0.15, 0.2) is 57.9 Å². The molecule has 9 heteroatoms. The maximum absolute atomic E-state index is 12.6. The van der Waals surface area contributed by atoms with Gasteiger partial charge in [-0.3, -0.25) is 4.79 Å². The summed E-state index contributed by atoms with van der Waals surface area (Å²) < 4.78 is 34.5. The second-order valence-corrected chi connectivity index (χ2v) is 6.70. The molecule has 0 aliphatic carbocycles. The average Bonchev–Trinajstić information content (AvgIpc) is 3.10. The van der Waals surface area contributed by atoms with Crippen molar-refractivity contribution in [1.29, 1.82) is 0 Å². The normalized spacial score (nSPS) is 10.9. The van der Waals surface area contributed by atoms with Crippen LogP contribution < -0.4 is 10.1 Å². The number of hydrogen-bond acceptors (Lipinski definition) is 6. The number of aryl methyl sites for hydroxylation is 1. The summed E-state index contributed by atoms with van der Waals surface area (Å²) in [6.45, 7) is -1.16. The fraction of sp³-hybridized carbons (Fsp3) is 0.211. The van der Waals surface area contributed by atoms with E-state index < -0.39 is 6.61 Å². The van der Waals surface area contributed by atoms with Crippen LogP contribution in [0, 0.1) is 6.92 Å². The molecule has 2 aromatic carbocycles. The molecule has 0 unspecified atom stereocenters. The van der Waals surface area contributed by atoms with Crippen LogP contribution in [-0.2, 0) is 12.3 Å². The van der Waals surface area contributed by atoms with E-state index in [1.807, 2.05) is 12.1 Å². The molecule has 6 nitrogen and oxygen atoms in total. The van der Waals surface area contributed by atoms with Crippen LogP contribution in [0.3, 0.4) is 0 Å². The molecular weight excluding hydrogens is 388 g/mol. The van der Waals surface area contributed by atoms with Gasteiger partial charge in [0.2, 0.25) is 5.89 Å². The van der Waals surface area contributed by atoms with Crippen molar-refractivity contribution in [1.82, 2.24) is 15.5 Å². The standard InChI is InChI=1S/C19H17F2N3O3S/c1-12-23-17(24-27-12)11-28-16-9-5-3-7-14(16)18(25)22-10-13-6-2-4-8-15(13)26-19(20)21/h2-9,19H,10-11H2,1H3,(H,22,25). The highest BCUT2D eigenvalue weighted by Gasteiger charge is 2.14. The number of nitrogens with zero attached hydrogens (tertiary/aromatic N) is 2. The van der Waals surface area contributed by atoms with E-state index in [2.05, 4.69) is 20.2 Å². The Morgan fingerprint density at radius 1 is 1.21 bits per heavy atom. The van der Waals surface area contributed by atoms with Crippen molar-refractivity contribution in [2.45, 2.75) is 30.7 Å². The van der Waals surface area contributed by atoms with Gasteiger partial charge < -0.3 is 14.6 Å². The Labute approximate surface area is 164 Å². The van der Waals surface area contributed by atoms with Crippen LogP contribution >= 0.6 is 11.8 Å². The molecule has 28 heavy (non-hydrogen) atoms. The number of hydrogen-bond donors (Lipinski definition) is 1. The summed E-state index contributed by atoms with van der Waals surface area (Å²) in [5.74, 6) is 1.18. The molecule has 3 aromatic rings. The Hall–Kier alpha value is -2.94. The van der Waals surface area contributed by atoms with E-state index in [4.69, 9.17) is 4.52 Å². The molecule has 1 amide bonds. The SMILES string of the molecule is Cc1nc(CSc2ccccc2C(=O)NCc2ccccc2OC(F)F)no1. The number of para-hydroxylation sites is 1. The number of carbonyl (C=O) groups excluding carboxylic acids is 1. The second kappa shape index (κ2) is 9.32. The molecule has 0 radical (unpaired) electrons. The number of ether oxygens (including phenoxy) is 1. The lowest BCUT2D eigenvalue weighted by molar-refractivity contribution is -0.0504. The maximum Gasteiger partial charge on any atom is 0.387 e. The number of nitrogens with one attached hydrogen (secondary N) is 1. The van der Waals surface area contributed by atoms with E-state index in [-0.39, 0.29) is 18.2 Å². The highest BCUT2D eigenvalue weighted by molar-refractivity contribution is 7.98. The van der Waals surface area contributed by atoms with Gasteiger partial charge in [-0.2, -0.15) is 13.8 Å². The van der Waals surface area contributed by atoms with Gasteiger partial charge in [0.1, 0.15) is 5.75 Å². The first-order chi connectivity index (χ1) is 13.5. The first kappa shape index (κ1) is 19.8. The molecule has 0 atom stereocenters. The van der Waals surface area contributed by atoms with Gasteiger partial charge in [0.05, 0.1) is 11.3 Å². The third kappa shape index (κ3) is 5.29. The second-order valence-electron chi connectivity index (χ2n) is 5.68. The fourth-order valence-corrected chi connectivity index (χ4v) is 3.35. The summed E-state index contributed by atoms with van der Waals surface area (Å²) in [4.78, 5) is 17.5. The summed E-state index contributed by atoms with van der Waals surface area (Å²) in [7, 11) is 0. The maximum atomic E-state index is 12.6. The van der Waals surface area contributed by atoms with Crippen LogP contribution in [0.25, 0.3) is 0 Å². The zero-order valence-corrected chi connectivity index (χ0v) is 15.7. The highest BCUT2D eigenvalue weighted by atomic mass is 32.2. The van der Waals surface area contributed by atoms with Crippen LogP contribution in [0.4, 0.5) is 8.78 Å². The van der Waals surface area contributed by atoms with Crippen LogP contribution in [0.5, 0.6) is 5.75 Å². The number of alkyl halides is 2. The number of benzene rings is 2. The molecule has 1 aromatic heterocycles. The van der Waals surface area contributed by atoms with E-state index in [0.29, 0.717) is 28.6 Å². The molecule has 0 spiro atoms. The van der Waals surface area contributed by atoms with Gasteiger partial charge in [0.15, 0.2) is 5.82 Å². The van der Waals surface area contributed by atoms with Crippen LogP contribution in [0.2, 0.25) is 0 Å². The van der Waals surface area contributed by atoms with E-state index in [1.165, 1.54) is 17.8 Å². The molecule has 146 valence electrons. The van der Waals surface area contributed by atoms with Gasteiger partial charge in [0, 0.05) is 23.9 Å². The van der Waals surface area contributed by atoms with E-state index in [9.17, 15) is 13.6 Å². The first-order valence-electron chi connectivity index (χ1n) is 8.35. The minimum atomic E-state index is -2.93. The molecule has 0 saturated heterocycles. The van der Waals surface area contributed by atoms with Crippen LogP contribution in [-0.4, -0.2) is 22.7 Å². The van der Waals surface area contributed by atoms with Crippen molar-refractivity contribution < 1.29 is 22.8 Å². The number of aromatic nitrogens is 2. The molecule has 0 aliphatic rings. The topological polar surface area (TPSA) is 77.2 Å². The number of amides is 1. The van der Waals surface area contributed by atoms with Gasteiger partial charge in [-0.15, -0.1) is 11.8 Å². The Balaban J connectivity index is 1.66. The fourth-order valence-electron chi connectivity index (χ4n) is 2.45. The summed E-state index contributed by atoms with van der Waals surface area (Å²) in [5.41, 5.74) is 0.934. The average molecular weight is 405 g/mol. The van der Waals surface area contributed by atoms with Crippen LogP contribution in [0.1, 0.15) is 27.6 Å². The van der Waals surface area contributed by atoms with Gasteiger partial charge >= 0.3 is 6.61 Å². The Morgan fingerprint density at radius 3 is 2.71 bits per heavy atom. The van der Waals surface area contributed by atoms with Crippen molar-refractivity contribution in [3.63, 3.8) is 0 Å². The molecule has 1 N–H and O–H groups in total. The lowest BCUT2D eigenvalue weighted by atomic mass is 10.1. The summed E-state index contributed by atoms with van der Waals surface area (Å²) >= 11 is 1.41. The van der Waals surface area contributed by atoms with Gasteiger partial charge in [0.25, 0.3) is 5.91 Å². The zero-order chi connectivity index (χ0) is 19.9.